The molecule has 1 aromatic carbocycles. The Labute approximate surface area is 145 Å². The lowest BCUT2D eigenvalue weighted by atomic mass is 10.1. The number of piperidine rings is 1. The van der Waals surface area contributed by atoms with Gasteiger partial charge in [0.2, 0.25) is 5.96 Å². The molecule has 0 saturated carbocycles. The standard InChI is InChI=1S/C17H19N5OS/c1-24-16-14(12-18)15(23)19-17(21-10-6-3-7-11-21)20-22(16)13-8-4-2-5-9-13/h2,4-5,8-9H,3,6-7,10-11H2,1H3,(H,19,20,23). The highest BCUT2D eigenvalue weighted by Crippen LogP contribution is 2.30. The van der Waals surface area contributed by atoms with E-state index in [1.807, 2.05) is 42.7 Å². The summed E-state index contributed by atoms with van der Waals surface area (Å²) in [4.78, 5) is 14.6. The molecule has 6 nitrogen and oxygen atoms in total. The van der Waals surface area contributed by atoms with Crippen LogP contribution in [0.5, 0.6) is 0 Å². The number of nitrogens with one attached hydrogen (secondary N) is 1. The maximum atomic E-state index is 12.5. The van der Waals surface area contributed by atoms with Crippen LogP contribution in [0.25, 0.3) is 0 Å². The van der Waals surface area contributed by atoms with Crippen LogP contribution < -0.4 is 10.3 Å². The van der Waals surface area contributed by atoms with E-state index in [-0.39, 0.29) is 5.57 Å². The number of rotatable bonds is 2. The first-order valence-electron chi connectivity index (χ1n) is 7.93. The maximum absolute atomic E-state index is 12.5. The Morgan fingerprint density at radius 3 is 2.54 bits per heavy atom. The van der Waals surface area contributed by atoms with Gasteiger partial charge in [-0.3, -0.25) is 10.1 Å². The fourth-order valence-corrected chi connectivity index (χ4v) is 3.47. The molecule has 1 saturated heterocycles. The van der Waals surface area contributed by atoms with Gasteiger partial charge in [0.15, 0.2) is 0 Å². The van der Waals surface area contributed by atoms with Gasteiger partial charge in [0.05, 0.1) is 5.69 Å². The zero-order valence-electron chi connectivity index (χ0n) is 13.5. The summed E-state index contributed by atoms with van der Waals surface area (Å²) in [5.41, 5.74) is 0.905. The molecular formula is C17H19N5OS. The molecule has 0 bridgehead atoms. The van der Waals surface area contributed by atoms with E-state index in [4.69, 9.17) is 0 Å². The number of amides is 1. The number of guanidine groups is 1. The summed E-state index contributed by atoms with van der Waals surface area (Å²) < 4.78 is 0. The van der Waals surface area contributed by atoms with Crippen molar-refractivity contribution < 1.29 is 4.79 Å². The Hall–Kier alpha value is -2.46. The van der Waals surface area contributed by atoms with Crippen molar-refractivity contribution in [3.8, 4) is 6.07 Å². The van der Waals surface area contributed by atoms with Crippen molar-refractivity contribution in [3.63, 3.8) is 0 Å². The molecule has 24 heavy (non-hydrogen) atoms. The first kappa shape index (κ1) is 16.4. The molecule has 0 atom stereocenters. The van der Waals surface area contributed by atoms with Gasteiger partial charge in [-0.15, -0.1) is 16.9 Å². The smallest absolute Gasteiger partial charge is 0.271 e. The van der Waals surface area contributed by atoms with Crippen molar-refractivity contribution >= 4 is 29.3 Å². The quantitative estimate of drug-likeness (QED) is 0.895. The van der Waals surface area contributed by atoms with Gasteiger partial charge in [-0.05, 0) is 37.7 Å². The van der Waals surface area contributed by atoms with Crippen LogP contribution in [0, 0.1) is 11.3 Å². The lowest BCUT2D eigenvalue weighted by Gasteiger charge is -2.30. The lowest BCUT2D eigenvalue weighted by Crippen LogP contribution is -2.46. The lowest BCUT2D eigenvalue weighted by molar-refractivity contribution is -0.115. The van der Waals surface area contributed by atoms with E-state index in [0.717, 1.165) is 31.6 Å². The van der Waals surface area contributed by atoms with Crippen LogP contribution in [-0.2, 0) is 4.79 Å². The molecule has 0 aliphatic carbocycles. The van der Waals surface area contributed by atoms with E-state index in [1.165, 1.54) is 18.2 Å². The van der Waals surface area contributed by atoms with Crippen LogP contribution in [0.2, 0.25) is 0 Å². The molecule has 2 heterocycles. The molecule has 0 spiro atoms. The number of likely N-dealkylation sites (tertiary alicyclic amines) is 1. The summed E-state index contributed by atoms with van der Waals surface area (Å²) in [5, 5.41) is 19.2. The van der Waals surface area contributed by atoms with Gasteiger partial charge in [-0.1, -0.05) is 18.2 Å². The molecule has 0 aromatic heterocycles. The molecule has 1 fully saturated rings. The van der Waals surface area contributed by atoms with Crippen molar-refractivity contribution in [2.75, 3.05) is 24.4 Å². The van der Waals surface area contributed by atoms with E-state index in [1.54, 1.807) is 5.01 Å². The average Bonchev–Trinajstić information content (AvgIpc) is 2.79. The fraction of sp³-hybridized carbons (Fsp3) is 0.353. The summed E-state index contributed by atoms with van der Waals surface area (Å²) in [6.45, 7) is 1.72. The van der Waals surface area contributed by atoms with E-state index < -0.39 is 5.91 Å². The number of carbonyl (C=O) groups excluding carboxylic acids is 1. The number of thioether (sulfide) groups is 1. The number of nitrogens with zero attached hydrogens (tertiary/aromatic N) is 4. The number of benzene rings is 1. The highest BCUT2D eigenvalue weighted by Gasteiger charge is 2.29. The van der Waals surface area contributed by atoms with Gasteiger partial charge >= 0.3 is 0 Å². The Morgan fingerprint density at radius 1 is 1.21 bits per heavy atom. The van der Waals surface area contributed by atoms with Gasteiger partial charge in [-0.25, -0.2) is 5.01 Å². The zero-order valence-corrected chi connectivity index (χ0v) is 14.3. The van der Waals surface area contributed by atoms with Gasteiger partial charge in [-0.2, -0.15) is 5.26 Å². The second-order valence-corrected chi connectivity index (χ2v) is 6.36. The molecule has 0 radical (unpaired) electrons. The first-order valence-corrected chi connectivity index (χ1v) is 9.15. The molecule has 2 aliphatic rings. The minimum absolute atomic E-state index is 0.0853. The second kappa shape index (κ2) is 7.41. The van der Waals surface area contributed by atoms with Crippen LogP contribution in [-0.4, -0.2) is 36.1 Å². The third-order valence-corrected chi connectivity index (χ3v) is 4.78. The summed E-state index contributed by atoms with van der Waals surface area (Å²) >= 11 is 1.34. The Morgan fingerprint density at radius 2 is 1.92 bits per heavy atom. The Balaban J connectivity index is 2.07. The highest BCUT2D eigenvalue weighted by molar-refractivity contribution is 8.02. The van der Waals surface area contributed by atoms with Gasteiger partial charge in [0.1, 0.15) is 16.7 Å². The van der Waals surface area contributed by atoms with Gasteiger partial charge in [0.25, 0.3) is 5.91 Å². The van der Waals surface area contributed by atoms with Crippen LogP contribution >= 0.6 is 11.8 Å². The van der Waals surface area contributed by atoms with Crippen molar-refractivity contribution in [3.05, 3.63) is 40.9 Å². The van der Waals surface area contributed by atoms with Crippen molar-refractivity contribution in [1.29, 1.82) is 5.26 Å². The van der Waals surface area contributed by atoms with Crippen LogP contribution in [0.1, 0.15) is 19.3 Å². The summed E-state index contributed by atoms with van der Waals surface area (Å²) in [6, 6.07) is 11.6. The van der Waals surface area contributed by atoms with E-state index in [0.29, 0.717) is 11.0 Å². The molecule has 7 heteroatoms. The van der Waals surface area contributed by atoms with Gasteiger partial charge in [0, 0.05) is 13.1 Å². The first-order chi connectivity index (χ1) is 11.7. The Bertz CT molecular complexity index is 716. The number of nitriles is 1. The van der Waals surface area contributed by atoms with Crippen molar-refractivity contribution in [2.24, 2.45) is 5.10 Å². The highest BCUT2D eigenvalue weighted by atomic mass is 32.2. The normalized spacial score (nSPS) is 18.7. The predicted molar refractivity (Wildman–Crippen MR) is 96.1 cm³/mol. The van der Waals surface area contributed by atoms with Crippen LogP contribution in [0.4, 0.5) is 5.69 Å². The molecule has 3 rings (SSSR count). The number of carbonyl (C=O) groups is 1. The van der Waals surface area contributed by atoms with Crippen LogP contribution in [0.15, 0.2) is 46.0 Å². The topological polar surface area (TPSA) is 71.7 Å². The number of hydrazone groups is 1. The molecule has 2 aliphatic heterocycles. The second-order valence-electron chi connectivity index (χ2n) is 5.57. The zero-order chi connectivity index (χ0) is 16.9. The number of para-hydroxylation sites is 1. The minimum atomic E-state index is -0.399. The predicted octanol–water partition coefficient (Wildman–Crippen LogP) is 2.48. The Kier molecular flexibility index (Phi) is 5.06. The summed E-state index contributed by atoms with van der Waals surface area (Å²) in [5.74, 6) is 0.116. The van der Waals surface area contributed by atoms with E-state index in [2.05, 4.69) is 15.3 Å². The fourth-order valence-electron chi connectivity index (χ4n) is 2.81. The molecule has 1 amide bonds. The van der Waals surface area contributed by atoms with E-state index in [9.17, 15) is 10.1 Å². The number of hydrogen-bond acceptors (Lipinski definition) is 6. The minimum Gasteiger partial charge on any atom is -0.341 e. The molecule has 124 valence electrons. The number of anilines is 1. The monoisotopic (exact) mass is 341 g/mol. The van der Waals surface area contributed by atoms with Crippen molar-refractivity contribution in [2.45, 2.75) is 19.3 Å². The molecular weight excluding hydrogens is 322 g/mol. The van der Waals surface area contributed by atoms with Crippen molar-refractivity contribution in [1.82, 2.24) is 10.2 Å². The third-order valence-electron chi connectivity index (χ3n) is 4.01. The molecule has 1 N–H and O–H groups in total. The van der Waals surface area contributed by atoms with E-state index >= 15 is 0 Å². The third kappa shape index (κ3) is 3.24. The largest absolute Gasteiger partial charge is 0.341 e. The molecule has 1 aromatic rings. The number of hydrogen-bond donors (Lipinski definition) is 1. The van der Waals surface area contributed by atoms with Gasteiger partial charge < -0.3 is 4.90 Å². The SMILES string of the molecule is CSC1=C(C#N)C(=O)NC(N2CCCCC2)=NN1c1ccccc1. The molecule has 0 unspecified atom stereocenters. The summed E-state index contributed by atoms with van der Waals surface area (Å²) in [7, 11) is 0. The average molecular weight is 341 g/mol. The van der Waals surface area contributed by atoms with Crippen LogP contribution in [0.3, 0.4) is 0 Å². The summed E-state index contributed by atoms with van der Waals surface area (Å²) in [6.07, 6.45) is 5.19. The maximum Gasteiger partial charge on any atom is 0.271 e.